The standard InChI is InChI=1S/C16H18N2O3/c1-12-2-3-13(18-9-12)10-17-6-7-19-14-4-5-15-16(8-14)21-11-20-15/h2-5,8-9,17H,6-7,10-11H2,1H3. The fourth-order valence-electron chi connectivity index (χ4n) is 2.03. The Morgan fingerprint density at radius 1 is 1.19 bits per heavy atom. The van der Waals surface area contributed by atoms with Crippen molar-refractivity contribution < 1.29 is 14.2 Å². The van der Waals surface area contributed by atoms with Gasteiger partial charge in [0.1, 0.15) is 12.4 Å². The van der Waals surface area contributed by atoms with Crippen LogP contribution in [-0.2, 0) is 6.54 Å². The minimum Gasteiger partial charge on any atom is -0.492 e. The fourth-order valence-corrected chi connectivity index (χ4v) is 2.03. The summed E-state index contributed by atoms with van der Waals surface area (Å²) in [4.78, 5) is 4.34. The van der Waals surface area contributed by atoms with Gasteiger partial charge in [-0.3, -0.25) is 4.98 Å². The third-order valence-corrected chi connectivity index (χ3v) is 3.17. The van der Waals surface area contributed by atoms with Gasteiger partial charge in [-0.05, 0) is 30.7 Å². The van der Waals surface area contributed by atoms with Crippen LogP contribution in [0.2, 0.25) is 0 Å². The molecule has 0 atom stereocenters. The molecule has 2 aromatic rings. The van der Waals surface area contributed by atoms with E-state index in [2.05, 4.69) is 16.4 Å². The molecule has 1 aromatic heterocycles. The summed E-state index contributed by atoms with van der Waals surface area (Å²) in [5.41, 5.74) is 2.20. The Morgan fingerprint density at radius 2 is 2.10 bits per heavy atom. The molecule has 110 valence electrons. The first-order valence-corrected chi connectivity index (χ1v) is 6.96. The monoisotopic (exact) mass is 286 g/mol. The molecule has 0 spiro atoms. The summed E-state index contributed by atoms with van der Waals surface area (Å²) in [7, 11) is 0. The largest absolute Gasteiger partial charge is 0.492 e. The first-order valence-electron chi connectivity index (χ1n) is 6.96. The zero-order valence-corrected chi connectivity index (χ0v) is 12.0. The van der Waals surface area contributed by atoms with Crippen molar-refractivity contribution in [2.45, 2.75) is 13.5 Å². The number of pyridine rings is 1. The zero-order chi connectivity index (χ0) is 14.5. The van der Waals surface area contributed by atoms with Crippen molar-refractivity contribution in [1.82, 2.24) is 10.3 Å². The SMILES string of the molecule is Cc1ccc(CNCCOc2ccc3c(c2)OCO3)nc1. The Labute approximate surface area is 123 Å². The molecule has 1 aliphatic rings. The summed E-state index contributed by atoms with van der Waals surface area (Å²) < 4.78 is 16.2. The first-order chi connectivity index (χ1) is 10.3. The number of hydrogen-bond acceptors (Lipinski definition) is 5. The molecular formula is C16H18N2O3. The molecule has 0 aliphatic carbocycles. The predicted molar refractivity (Wildman–Crippen MR) is 78.7 cm³/mol. The van der Waals surface area contributed by atoms with Crippen LogP contribution in [-0.4, -0.2) is 24.9 Å². The van der Waals surface area contributed by atoms with E-state index in [0.29, 0.717) is 6.61 Å². The van der Waals surface area contributed by atoms with Crippen LogP contribution in [0.15, 0.2) is 36.5 Å². The van der Waals surface area contributed by atoms with Gasteiger partial charge in [0.15, 0.2) is 11.5 Å². The molecule has 1 aromatic carbocycles. The molecule has 0 bridgehead atoms. The van der Waals surface area contributed by atoms with Gasteiger partial charge < -0.3 is 19.5 Å². The summed E-state index contributed by atoms with van der Waals surface area (Å²) in [5.74, 6) is 2.30. The first kappa shape index (κ1) is 13.7. The van der Waals surface area contributed by atoms with Crippen molar-refractivity contribution in [3.8, 4) is 17.2 Å². The second-order valence-corrected chi connectivity index (χ2v) is 4.87. The Kier molecular flexibility index (Phi) is 4.21. The van der Waals surface area contributed by atoms with Crippen LogP contribution >= 0.6 is 0 Å². The number of nitrogens with one attached hydrogen (secondary N) is 1. The van der Waals surface area contributed by atoms with Crippen molar-refractivity contribution in [2.75, 3.05) is 19.9 Å². The van der Waals surface area contributed by atoms with Crippen LogP contribution in [0, 0.1) is 6.92 Å². The lowest BCUT2D eigenvalue weighted by Crippen LogP contribution is -2.21. The Bertz CT molecular complexity index is 599. The van der Waals surface area contributed by atoms with Crippen LogP contribution in [0.5, 0.6) is 17.2 Å². The lowest BCUT2D eigenvalue weighted by atomic mass is 10.3. The second-order valence-electron chi connectivity index (χ2n) is 4.87. The average molecular weight is 286 g/mol. The minimum absolute atomic E-state index is 0.282. The van der Waals surface area contributed by atoms with Gasteiger partial charge in [-0.2, -0.15) is 0 Å². The van der Waals surface area contributed by atoms with E-state index in [4.69, 9.17) is 14.2 Å². The van der Waals surface area contributed by atoms with E-state index in [-0.39, 0.29) is 6.79 Å². The van der Waals surface area contributed by atoms with Crippen LogP contribution in [0.1, 0.15) is 11.3 Å². The van der Waals surface area contributed by atoms with Crippen molar-refractivity contribution in [1.29, 1.82) is 0 Å². The van der Waals surface area contributed by atoms with Crippen molar-refractivity contribution in [3.05, 3.63) is 47.8 Å². The number of fused-ring (bicyclic) bond motifs is 1. The quantitative estimate of drug-likeness (QED) is 0.826. The minimum atomic E-state index is 0.282. The van der Waals surface area contributed by atoms with Crippen molar-refractivity contribution in [2.24, 2.45) is 0 Å². The number of nitrogens with zero attached hydrogens (tertiary/aromatic N) is 1. The Balaban J connectivity index is 1.39. The highest BCUT2D eigenvalue weighted by Crippen LogP contribution is 2.34. The molecule has 5 nitrogen and oxygen atoms in total. The summed E-state index contributed by atoms with van der Waals surface area (Å²) >= 11 is 0. The van der Waals surface area contributed by atoms with Crippen LogP contribution < -0.4 is 19.5 Å². The third kappa shape index (κ3) is 3.64. The highest BCUT2D eigenvalue weighted by atomic mass is 16.7. The van der Waals surface area contributed by atoms with Gasteiger partial charge in [-0.1, -0.05) is 6.07 Å². The van der Waals surface area contributed by atoms with Crippen molar-refractivity contribution >= 4 is 0 Å². The summed E-state index contributed by atoms with van der Waals surface area (Å²) in [6.07, 6.45) is 1.88. The zero-order valence-electron chi connectivity index (χ0n) is 12.0. The summed E-state index contributed by atoms with van der Waals surface area (Å²) in [5, 5.41) is 3.30. The lowest BCUT2D eigenvalue weighted by Gasteiger charge is -2.08. The number of hydrogen-bond donors (Lipinski definition) is 1. The van der Waals surface area contributed by atoms with E-state index in [0.717, 1.165) is 36.0 Å². The molecule has 21 heavy (non-hydrogen) atoms. The molecule has 0 unspecified atom stereocenters. The van der Waals surface area contributed by atoms with Crippen LogP contribution in [0.25, 0.3) is 0 Å². The van der Waals surface area contributed by atoms with E-state index in [1.807, 2.05) is 37.4 Å². The Hall–Kier alpha value is -2.27. The number of ether oxygens (including phenoxy) is 3. The molecule has 0 radical (unpaired) electrons. The number of aromatic nitrogens is 1. The van der Waals surface area contributed by atoms with Gasteiger partial charge >= 0.3 is 0 Å². The lowest BCUT2D eigenvalue weighted by molar-refractivity contribution is 0.173. The molecule has 1 aliphatic heterocycles. The summed E-state index contributed by atoms with van der Waals surface area (Å²) in [6.45, 7) is 4.40. The van der Waals surface area contributed by atoms with E-state index in [1.54, 1.807) is 0 Å². The van der Waals surface area contributed by atoms with Gasteiger partial charge in [0.2, 0.25) is 6.79 Å². The maximum atomic E-state index is 5.67. The number of benzene rings is 1. The summed E-state index contributed by atoms with van der Waals surface area (Å²) in [6, 6.07) is 9.69. The van der Waals surface area contributed by atoms with E-state index < -0.39 is 0 Å². The highest BCUT2D eigenvalue weighted by molar-refractivity contribution is 5.46. The molecule has 5 heteroatoms. The van der Waals surface area contributed by atoms with Crippen molar-refractivity contribution in [3.63, 3.8) is 0 Å². The van der Waals surface area contributed by atoms with Gasteiger partial charge in [0.05, 0.1) is 5.69 Å². The molecule has 2 heterocycles. The second kappa shape index (κ2) is 6.45. The molecular weight excluding hydrogens is 268 g/mol. The average Bonchev–Trinajstić information content (AvgIpc) is 2.96. The van der Waals surface area contributed by atoms with Gasteiger partial charge in [-0.15, -0.1) is 0 Å². The molecule has 0 fully saturated rings. The maximum absolute atomic E-state index is 5.67. The smallest absolute Gasteiger partial charge is 0.231 e. The highest BCUT2D eigenvalue weighted by Gasteiger charge is 2.13. The number of aryl methyl sites for hydroxylation is 1. The maximum Gasteiger partial charge on any atom is 0.231 e. The van der Waals surface area contributed by atoms with Gasteiger partial charge in [-0.25, -0.2) is 0 Å². The van der Waals surface area contributed by atoms with Crippen LogP contribution in [0.4, 0.5) is 0 Å². The molecule has 0 saturated carbocycles. The molecule has 1 N–H and O–H groups in total. The molecule has 0 saturated heterocycles. The number of rotatable bonds is 6. The normalized spacial score (nSPS) is 12.4. The topological polar surface area (TPSA) is 52.6 Å². The van der Waals surface area contributed by atoms with Crippen LogP contribution in [0.3, 0.4) is 0 Å². The van der Waals surface area contributed by atoms with E-state index in [9.17, 15) is 0 Å². The predicted octanol–water partition coefficient (Wildman–Crippen LogP) is 2.29. The fraction of sp³-hybridized carbons (Fsp3) is 0.312. The third-order valence-electron chi connectivity index (χ3n) is 3.17. The van der Waals surface area contributed by atoms with Gasteiger partial charge in [0, 0.05) is 25.4 Å². The van der Waals surface area contributed by atoms with E-state index in [1.165, 1.54) is 5.56 Å². The molecule has 0 amide bonds. The van der Waals surface area contributed by atoms with E-state index >= 15 is 0 Å². The Morgan fingerprint density at radius 3 is 2.95 bits per heavy atom. The molecule has 3 rings (SSSR count). The van der Waals surface area contributed by atoms with Gasteiger partial charge in [0.25, 0.3) is 0 Å².